The highest BCUT2D eigenvalue weighted by atomic mass is 15.1. The van der Waals surface area contributed by atoms with E-state index in [1.165, 1.54) is 0 Å². The van der Waals surface area contributed by atoms with Gasteiger partial charge in [-0.2, -0.15) is 10.5 Å². The Kier molecular flexibility index (Phi) is 5.06. The zero-order valence-corrected chi connectivity index (χ0v) is 9.04. The Morgan fingerprint density at radius 2 is 2.18 bits per heavy atom. The molecule has 1 aromatic rings. The molecule has 1 unspecified atom stereocenters. The molecule has 17 heavy (non-hydrogen) atoms. The van der Waals surface area contributed by atoms with E-state index in [1.807, 2.05) is 6.07 Å². The number of hydrogen-bond donors (Lipinski definition) is 1. The van der Waals surface area contributed by atoms with Crippen LogP contribution in [-0.2, 0) is 0 Å². The normalized spacial score (nSPS) is 10.7. The van der Waals surface area contributed by atoms with E-state index in [2.05, 4.69) is 21.4 Å². The SMILES string of the molecule is N#Cc1ccccc1C(C#N)NCCN=[N+]=[N-]. The molecule has 0 aliphatic carbocycles. The minimum Gasteiger partial charge on any atom is -0.298 e. The Morgan fingerprint density at radius 1 is 1.41 bits per heavy atom. The van der Waals surface area contributed by atoms with Crippen LogP contribution < -0.4 is 5.32 Å². The highest BCUT2D eigenvalue weighted by molar-refractivity contribution is 5.41. The van der Waals surface area contributed by atoms with Crippen LogP contribution in [0.1, 0.15) is 17.2 Å². The molecule has 0 aromatic heterocycles. The number of benzene rings is 1. The van der Waals surface area contributed by atoms with Crippen LogP contribution in [0.25, 0.3) is 10.4 Å². The van der Waals surface area contributed by atoms with Crippen molar-refractivity contribution in [3.63, 3.8) is 0 Å². The smallest absolute Gasteiger partial charge is 0.122 e. The first-order valence-electron chi connectivity index (χ1n) is 4.96. The second-order valence-corrected chi connectivity index (χ2v) is 3.17. The Balaban J connectivity index is 2.77. The number of nitriles is 2. The van der Waals surface area contributed by atoms with Crippen molar-refractivity contribution in [3.8, 4) is 12.1 Å². The molecule has 0 amide bonds. The van der Waals surface area contributed by atoms with Crippen molar-refractivity contribution in [1.82, 2.24) is 5.32 Å². The third kappa shape index (κ3) is 3.51. The number of azide groups is 1. The van der Waals surface area contributed by atoms with Crippen LogP contribution in [0.15, 0.2) is 29.4 Å². The summed E-state index contributed by atoms with van der Waals surface area (Å²) >= 11 is 0. The van der Waals surface area contributed by atoms with Gasteiger partial charge in [0.15, 0.2) is 0 Å². The molecule has 0 heterocycles. The van der Waals surface area contributed by atoms with Gasteiger partial charge in [0.05, 0.1) is 17.7 Å². The summed E-state index contributed by atoms with van der Waals surface area (Å²) in [6, 6.07) is 10.5. The molecule has 0 saturated carbocycles. The predicted molar refractivity (Wildman–Crippen MR) is 61.5 cm³/mol. The summed E-state index contributed by atoms with van der Waals surface area (Å²) in [5, 5.41) is 24.2. The van der Waals surface area contributed by atoms with E-state index in [4.69, 9.17) is 16.1 Å². The predicted octanol–water partition coefficient (Wildman–Crippen LogP) is 2.02. The van der Waals surface area contributed by atoms with Gasteiger partial charge in [0.2, 0.25) is 0 Å². The number of rotatable bonds is 5. The summed E-state index contributed by atoms with van der Waals surface area (Å²) in [6.07, 6.45) is 0. The lowest BCUT2D eigenvalue weighted by Crippen LogP contribution is -2.23. The third-order valence-corrected chi connectivity index (χ3v) is 2.14. The fraction of sp³-hybridized carbons (Fsp3) is 0.273. The monoisotopic (exact) mass is 226 g/mol. The summed E-state index contributed by atoms with van der Waals surface area (Å²) in [7, 11) is 0. The second-order valence-electron chi connectivity index (χ2n) is 3.17. The Hall–Kier alpha value is -2.53. The van der Waals surface area contributed by atoms with Gasteiger partial charge in [-0.3, -0.25) is 5.32 Å². The number of nitrogens with zero attached hydrogens (tertiary/aromatic N) is 5. The van der Waals surface area contributed by atoms with Gasteiger partial charge in [-0.15, -0.1) is 0 Å². The van der Waals surface area contributed by atoms with Gasteiger partial charge >= 0.3 is 0 Å². The van der Waals surface area contributed by atoms with E-state index in [9.17, 15) is 0 Å². The summed E-state index contributed by atoms with van der Waals surface area (Å²) < 4.78 is 0. The summed E-state index contributed by atoms with van der Waals surface area (Å²) in [6.45, 7) is 0.658. The number of hydrogen-bond acceptors (Lipinski definition) is 4. The average Bonchev–Trinajstić information content (AvgIpc) is 2.39. The lowest BCUT2D eigenvalue weighted by Gasteiger charge is -2.11. The lowest BCUT2D eigenvalue weighted by molar-refractivity contribution is 0.634. The van der Waals surface area contributed by atoms with Gasteiger partial charge in [-0.25, -0.2) is 0 Å². The Morgan fingerprint density at radius 3 is 2.82 bits per heavy atom. The minimum atomic E-state index is -0.570. The quantitative estimate of drug-likeness (QED) is 0.359. The highest BCUT2D eigenvalue weighted by Crippen LogP contribution is 2.16. The zero-order chi connectivity index (χ0) is 12.5. The first-order chi connectivity index (χ1) is 8.33. The van der Waals surface area contributed by atoms with E-state index >= 15 is 0 Å². The minimum absolute atomic E-state index is 0.267. The molecule has 0 fully saturated rings. The van der Waals surface area contributed by atoms with Crippen LogP contribution in [0.4, 0.5) is 0 Å². The molecule has 0 aliphatic rings. The first kappa shape index (κ1) is 12.5. The lowest BCUT2D eigenvalue weighted by atomic mass is 10.0. The van der Waals surface area contributed by atoms with Crippen molar-refractivity contribution in [3.05, 3.63) is 45.8 Å². The van der Waals surface area contributed by atoms with Crippen LogP contribution in [0.5, 0.6) is 0 Å². The van der Waals surface area contributed by atoms with E-state index in [0.717, 1.165) is 0 Å². The fourth-order valence-electron chi connectivity index (χ4n) is 1.38. The van der Waals surface area contributed by atoms with Crippen molar-refractivity contribution in [2.45, 2.75) is 6.04 Å². The first-order valence-corrected chi connectivity index (χ1v) is 4.96. The molecule has 6 nitrogen and oxygen atoms in total. The molecule has 0 radical (unpaired) electrons. The largest absolute Gasteiger partial charge is 0.298 e. The van der Waals surface area contributed by atoms with Crippen molar-refractivity contribution in [2.24, 2.45) is 5.11 Å². The van der Waals surface area contributed by atoms with Gasteiger partial charge in [0, 0.05) is 23.6 Å². The zero-order valence-electron chi connectivity index (χ0n) is 9.04. The molecule has 0 spiro atoms. The van der Waals surface area contributed by atoms with E-state index in [0.29, 0.717) is 17.7 Å². The van der Waals surface area contributed by atoms with Crippen LogP contribution in [0, 0.1) is 22.7 Å². The fourth-order valence-corrected chi connectivity index (χ4v) is 1.38. The van der Waals surface area contributed by atoms with Crippen molar-refractivity contribution < 1.29 is 0 Å². The number of nitrogens with one attached hydrogen (secondary N) is 1. The van der Waals surface area contributed by atoms with Crippen molar-refractivity contribution in [1.29, 1.82) is 10.5 Å². The second kappa shape index (κ2) is 6.86. The maximum atomic E-state index is 9.03. The van der Waals surface area contributed by atoms with Crippen LogP contribution in [0.2, 0.25) is 0 Å². The van der Waals surface area contributed by atoms with E-state index < -0.39 is 6.04 Å². The third-order valence-electron chi connectivity index (χ3n) is 2.14. The van der Waals surface area contributed by atoms with Gasteiger partial charge in [0.1, 0.15) is 6.04 Å². The summed E-state index contributed by atoms with van der Waals surface area (Å²) in [4.78, 5) is 2.61. The van der Waals surface area contributed by atoms with Crippen LogP contribution in [-0.4, -0.2) is 13.1 Å². The van der Waals surface area contributed by atoms with Crippen LogP contribution in [0.3, 0.4) is 0 Å². The van der Waals surface area contributed by atoms with Gasteiger partial charge in [-0.05, 0) is 11.6 Å². The molecule has 6 heteroatoms. The summed E-state index contributed by atoms with van der Waals surface area (Å²) in [5.74, 6) is 0. The molecular weight excluding hydrogens is 216 g/mol. The Labute approximate surface area is 98.7 Å². The van der Waals surface area contributed by atoms with Gasteiger partial charge in [-0.1, -0.05) is 23.3 Å². The van der Waals surface area contributed by atoms with Gasteiger partial charge < -0.3 is 0 Å². The molecule has 1 N–H and O–H groups in total. The maximum absolute atomic E-state index is 9.03. The highest BCUT2D eigenvalue weighted by Gasteiger charge is 2.12. The maximum Gasteiger partial charge on any atom is 0.122 e. The van der Waals surface area contributed by atoms with Gasteiger partial charge in [0.25, 0.3) is 0 Å². The van der Waals surface area contributed by atoms with Crippen molar-refractivity contribution in [2.75, 3.05) is 13.1 Å². The molecule has 0 aliphatic heterocycles. The molecule has 0 bridgehead atoms. The van der Waals surface area contributed by atoms with Crippen LogP contribution >= 0.6 is 0 Å². The average molecular weight is 226 g/mol. The topological polar surface area (TPSA) is 108 Å². The van der Waals surface area contributed by atoms with Crippen molar-refractivity contribution >= 4 is 0 Å². The van der Waals surface area contributed by atoms with E-state index in [-0.39, 0.29) is 6.54 Å². The standard InChI is InChI=1S/C11H10N6/c12-7-9-3-1-2-4-10(9)11(8-13)15-5-6-16-17-14/h1-4,11,15H,5-6H2. The Bertz CT molecular complexity index is 503. The summed E-state index contributed by atoms with van der Waals surface area (Å²) in [5.41, 5.74) is 9.22. The molecule has 0 saturated heterocycles. The molecule has 1 rings (SSSR count). The van der Waals surface area contributed by atoms with E-state index in [1.54, 1.807) is 24.3 Å². The molecular formula is C11H10N6. The molecule has 1 aromatic carbocycles. The molecule has 84 valence electrons. The molecule has 1 atom stereocenters.